The Bertz CT molecular complexity index is 944. The zero-order chi connectivity index (χ0) is 20.0. The van der Waals surface area contributed by atoms with Crippen molar-refractivity contribution < 1.29 is 17.9 Å². The number of halogens is 1. The van der Waals surface area contributed by atoms with Crippen molar-refractivity contribution in [3.05, 3.63) is 58.6 Å². The Morgan fingerprint density at radius 2 is 1.93 bits per heavy atom. The number of methoxy groups -OCH3 is 1. The number of sulfonamides is 1. The number of ether oxygens (including phenoxy) is 1. The molecule has 0 heterocycles. The molecule has 0 atom stereocenters. The third-order valence-corrected chi connectivity index (χ3v) is 5.76. The van der Waals surface area contributed by atoms with Gasteiger partial charge in [-0.2, -0.15) is 9.41 Å². The van der Waals surface area contributed by atoms with Crippen molar-refractivity contribution in [2.75, 3.05) is 20.7 Å². The van der Waals surface area contributed by atoms with Crippen LogP contribution in [0.5, 0.6) is 5.75 Å². The summed E-state index contributed by atoms with van der Waals surface area (Å²) in [7, 11) is -0.971. The molecule has 2 aromatic rings. The number of nitrogens with zero attached hydrogens (tertiary/aromatic N) is 2. The summed E-state index contributed by atoms with van der Waals surface area (Å²) >= 11 is 5.79. The highest BCUT2D eigenvalue weighted by molar-refractivity contribution is 7.89. The van der Waals surface area contributed by atoms with Crippen LogP contribution in [-0.4, -0.2) is 45.5 Å². The maximum atomic E-state index is 12.6. The Labute approximate surface area is 163 Å². The topological polar surface area (TPSA) is 88.1 Å². The molecule has 1 N–H and O–H groups in total. The lowest BCUT2D eigenvalue weighted by atomic mass is 10.2. The van der Waals surface area contributed by atoms with E-state index >= 15 is 0 Å². The van der Waals surface area contributed by atoms with E-state index in [1.54, 1.807) is 37.3 Å². The van der Waals surface area contributed by atoms with Gasteiger partial charge in [-0.25, -0.2) is 13.8 Å². The van der Waals surface area contributed by atoms with Gasteiger partial charge in [0.2, 0.25) is 10.0 Å². The highest BCUT2D eigenvalue weighted by atomic mass is 35.5. The van der Waals surface area contributed by atoms with Gasteiger partial charge in [-0.05, 0) is 48.4 Å². The van der Waals surface area contributed by atoms with Crippen molar-refractivity contribution in [2.45, 2.75) is 11.8 Å². The van der Waals surface area contributed by atoms with E-state index in [9.17, 15) is 13.2 Å². The first-order valence-electron chi connectivity index (χ1n) is 7.92. The first kappa shape index (κ1) is 20.9. The minimum absolute atomic E-state index is 0.0840. The van der Waals surface area contributed by atoms with Gasteiger partial charge in [0.05, 0.1) is 24.8 Å². The Balaban J connectivity index is 2.00. The first-order valence-corrected chi connectivity index (χ1v) is 9.74. The van der Waals surface area contributed by atoms with Crippen LogP contribution in [0.4, 0.5) is 0 Å². The van der Waals surface area contributed by atoms with Gasteiger partial charge in [0.1, 0.15) is 5.75 Å². The van der Waals surface area contributed by atoms with Crippen LogP contribution in [-0.2, 0) is 14.8 Å². The number of benzene rings is 2. The maximum absolute atomic E-state index is 12.6. The van der Waals surface area contributed by atoms with E-state index in [-0.39, 0.29) is 11.4 Å². The summed E-state index contributed by atoms with van der Waals surface area (Å²) in [6, 6.07) is 11.4. The Morgan fingerprint density at radius 3 is 2.52 bits per heavy atom. The van der Waals surface area contributed by atoms with Gasteiger partial charge < -0.3 is 4.74 Å². The molecule has 0 bridgehead atoms. The number of carbonyl (C=O) groups excluding carboxylic acids is 1. The highest BCUT2D eigenvalue weighted by Gasteiger charge is 2.23. The van der Waals surface area contributed by atoms with E-state index in [1.165, 1.54) is 32.5 Å². The molecule has 0 saturated heterocycles. The molecule has 0 aromatic heterocycles. The summed E-state index contributed by atoms with van der Waals surface area (Å²) in [5.41, 5.74) is 3.73. The molecule has 0 spiro atoms. The second kappa shape index (κ2) is 8.98. The molecule has 0 aliphatic rings. The largest absolute Gasteiger partial charge is 0.496 e. The van der Waals surface area contributed by atoms with Crippen molar-refractivity contribution in [1.29, 1.82) is 0 Å². The highest BCUT2D eigenvalue weighted by Crippen LogP contribution is 2.23. The number of likely N-dealkylation sites (N-methyl/N-ethyl adjacent to an activating group) is 1. The van der Waals surface area contributed by atoms with E-state index in [0.29, 0.717) is 16.3 Å². The molecular weight excluding hydrogens is 390 g/mol. The number of hydrogen-bond donors (Lipinski definition) is 1. The van der Waals surface area contributed by atoms with Crippen molar-refractivity contribution in [1.82, 2.24) is 9.73 Å². The normalized spacial score (nSPS) is 11.7. The molecule has 27 heavy (non-hydrogen) atoms. The predicted octanol–water partition coefficient (Wildman–Crippen LogP) is 2.43. The van der Waals surface area contributed by atoms with E-state index < -0.39 is 15.9 Å². The van der Waals surface area contributed by atoms with Crippen LogP contribution in [0.25, 0.3) is 0 Å². The zero-order valence-corrected chi connectivity index (χ0v) is 16.7. The molecule has 9 heteroatoms. The molecule has 0 fully saturated rings. The van der Waals surface area contributed by atoms with Gasteiger partial charge in [0, 0.05) is 12.1 Å². The number of amides is 1. The summed E-state index contributed by atoms with van der Waals surface area (Å²) in [6.45, 7) is 1.38. The SMILES string of the molecule is COc1ccc(S(=O)(=O)N(C)CC(=O)N/N=C/c2ccc(Cl)cc2)cc1C. The van der Waals surface area contributed by atoms with Crippen LogP contribution in [0.2, 0.25) is 5.02 Å². The smallest absolute Gasteiger partial charge is 0.255 e. The standard InChI is InChI=1S/C18H20ClN3O4S/c1-13-10-16(8-9-17(13)26-3)27(24,25)22(2)12-18(23)21-20-11-14-4-6-15(19)7-5-14/h4-11H,12H2,1-3H3,(H,21,23)/b20-11+. The lowest BCUT2D eigenvalue weighted by molar-refractivity contribution is -0.121. The van der Waals surface area contributed by atoms with Crippen LogP contribution >= 0.6 is 11.6 Å². The van der Waals surface area contributed by atoms with E-state index in [1.807, 2.05) is 0 Å². The van der Waals surface area contributed by atoms with Crippen molar-refractivity contribution in [3.63, 3.8) is 0 Å². The monoisotopic (exact) mass is 409 g/mol. The predicted molar refractivity (Wildman–Crippen MR) is 105 cm³/mol. The molecule has 2 rings (SSSR count). The number of hydrogen-bond acceptors (Lipinski definition) is 5. The number of rotatable bonds is 7. The van der Waals surface area contributed by atoms with Gasteiger partial charge >= 0.3 is 0 Å². The fourth-order valence-corrected chi connectivity index (χ4v) is 3.58. The average Bonchev–Trinajstić information content (AvgIpc) is 2.63. The van der Waals surface area contributed by atoms with Gasteiger partial charge in [-0.3, -0.25) is 4.79 Å². The van der Waals surface area contributed by atoms with Crippen molar-refractivity contribution in [2.24, 2.45) is 5.10 Å². The summed E-state index contributed by atoms with van der Waals surface area (Å²) < 4.78 is 31.3. The molecule has 0 aliphatic heterocycles. The molecule has 0 saturated carbocycles. The Morgan fingerprint density at radius 1 is 1.26 bits per heavy atom. The molecule has 144 valence electrons. The van der Waals surface area contributed by atoms with Crippen LogP contribution in [0.15, 0.2) is 52.5 Å². The number of aryl methyl sites for hydroxylation is 1. The number of hydrazone groups is 1. The van der Waals surface area contributed by atoms with Gasteiger partial charge in [0.15, 0.2) is 0 Å². The lowest BCUT2D eigenvalue weighted by Gasteiger charge is -2.17. The quantitative estimate of drug-likeness (QED) is 0.562. The van der Waals surface area contributed by atoms with Gasteiger partial charge in [-0.1, -0.05) is 23.7 Å². The third kappa shape index (κ3) is 5.53. The van der Waals surface area contributed by atoms with Gasteiger partial charge in [-0.15, -0.1) is 0 Å². The Hall–Kier alpha value is -2.42. The van der Waals surface area contributed by atoms with Crippen LogP contribution in [0.3, 0.4) is 0 Å². The fourth-order valence-electron chi connectivity index (χ4n) is 2.24. The number of nitrogens with one attached hydrogen (secondary N) is 1. The summed E-state index contributed by atoms with van der Waals surface area (Å²) in [5.74, 6) is 0.0300. The molecule has 1 amide bonds. The molecule has 0 aliphatic carbocycles. The minimum Gasteiger partial charge on any atom is -0.496 e. The second-order valence-corrected chi connectivity index (χ2v) is 8.22. The molecular formula is C18H20ClN3O4S. The van der Waals surface area contributed by atoms with E-state index in [4.69, 9.17) is 16.3 Å². The summed E-state index contributed by atoms with van der Waals surface area (Å²) in [6.07, 6.45) is 1.44. The van der Waals surface area contributed by atoms with E-state index in [2.05, 4.69) is 10.5 Å². The number of carbonyl (C=O) groups is 1. The minimum atomic E-state index is -3.81. The van der Waals surface area contributed by atoms with E-state index in [0.717, 1.165) is 9.87 Å². The third-order valence-electron chi connectivity index (χ3n) is 3.71. The molecule has 7 nitrogen and oxygen atoms in total. The fraction of sp³-hybridized carbons (Fsp3) is 0.222. The summed E-state index contributed by atoms with van der Waals surface area (Å²) in [4.78, 5) is 12.1. The van der Waals surface area contributed by atoms with Crippen molar-refractivity contribution >= 4 is 33.7 Å². The van der Waals surface area contributed by atoms with Crippen LogP contribution in [0, 0.1) is 6.92 Å². The van der Waals surface area contributed by atoms with Gasteiger partial charge in [0.25, 0.3) is 5.91 Å². The van der Waals surface area contributed by atoms with Crippen molar-refractivity contribution in [3.8, 4) is 5.75 Å². The molecule has 0 radical (unpaired) electrons. The second-order valence-electron chi connectivity index (χ2n) is 5.74. The van der Waals surface area contributed by atoms with Crippen LogP contribution < -0.4 is 10.2 Å². The molecule has 2 aromatic carbocycles. The maximum Gasteiger partial charge on any atom is 0.255 e. The first-order chi connectivity index (χ1) is 12.7. The van der Waals surface area contributed by atoms with Crippen LogP contribution in [0.1, 0.15) is 11.1 Å². The molecule has 0 unspecified atom stereocenters. The lowest BCUT2D eigenvalue weighted by Crippen LogP contribution is -2.36. The summed E-state index contributed by atoms with van der Waals surface area (Å²) in [5, 5.41) is 4.40. The zero-order valence-electron chi connectivity index (χ0n) is 15.1. The average molecular weight is 410 g/mol. The Kier molecular flexibility index (Phi) is 6.95.